The van der Waals surface area contributed by atoms with E-state index in [2.05, 4.69) is 10.6 Å². The van der Waals surface area contributed by atoms with Crippen molar-refractivity contribution in [2.75, 3.05) is 39.4 Å². The van der Waals surface area contributed by atoms with Gasteiger partial charge in [-0.3, -0.25) is 14.9 Å². The summed E-state index contributed by atoms with van der Waals surface area (Å²) in [5.41, 5.74) is 0. The highest BCUT2D eigenvalue weighted by molar-refractivity contribution is 5.81. The van der Waals surface area contributed by atoms with Crippen molar-refractivity contribution in [3.8, 4) is 0 Å². The largest absolute Gasteiger partial charge is 0.381 e. The van der Waals surface area contributed by atoms with Gasteiger partial charge in [0.05, 0.1) is 13.1 Å². The Morgan fingerprint density at radius 3 is 2.45 bits per heavy atom. The summed E-state index contributed by atoms with van der Waals surface area (Å²) in [5, 5.41) is 5.90. The number of ether oxygens (including phenoxy) is 1. The number of likely N-dealkylation sites (tertiary alicyclic amines) is 1. The Bertz CT molecular complexity index is 324. The van der Waals surface area contributed by atoms with Crippen molar-refractivity contribution in [1.29, 1.82) is 0 Å². The number of hydrogen-bond acceptors (Lipinski definition) is 4. The molecule has 2 rings (SSSR count). The van der Waals surface area contributed by atoms with Crippen molar-refractivity contribution in [2.24, 2.45) is 0 Å². The Labute approximate surface area is 120 Å². The zero-order chi connectivity index (χ0) is 14.2. The lowest BCUT2D eigenvalue weighted by molar-refractivity contribution is -0.131. The van der Waals surface area contributed by atoms with Crippen LogP contribution in [0.3, 0.4) is 0 Å². The Hall–Kier alpha value is -1.14. The summed E-state index contributed by atoms with van der Waals surface area (Å²) in [6.45, 7) is 3.60. The molecule has 20 heavy (non-hydrogen) atoms. The van der Waals surface area contributed by atoms with Crippen LogP contribution in [0, 0.1) is 0 Å². The highest BCUT2D eigenvalue weighted by Gasteiger charge is 2.18. The number of nitrogens with zero attached hydrogens (tertiary/aromatic N) is 1. The van der Waals surface area contributed by atoms with Crippen LogP contribution in [0.1, 0.15) is 32.1 Å². The minimum atomic E-state index is -0.0386. The molecule has 2 aliphatic rings. The van der Waals surface area contributed by atoms with Crippen molar-refractivity contribution < 1.29 is 14.3 Å². The van der Waals surface area contributed by atoms with Crippen LogP contribution in [0.15, 0.2) is 0 Å². The average Bonchev–Trinajstić information content (AvgIpc) is 2.49. The highest BCUT2D eigenvalue weighted by Crippen LogP contribution is 2.08. The molecule has 114 valence electrons. The molecule has 0 spiro atoms. The van der Waals surface area contributed by atoms with E-state index in [0.717, 1.165) is 38.8 Å². The van der Waals surface area contributed by atoms with Gasteiger partial charge in [-0.1, -0.05) is 0 Å². The molecule has 0 unspecified atom stereocenters. The molecule has 0 radical (unpaired) electrons. The Balaban J connectivity index is 1.57. The van der Waals surface area contributed by atoms with E-state index in [1.165, 1.54) is 6.42 Å². The molecule has 2 amide bonds. The van der Waals surface area contributed by atoms with Gasteiger partial charge in [-0.05, 0) is 32.1 Å². The second-order valence-corrected chi connectivity index (χ2v) is 5.50. The van der Waals surface area contributed by atoms with Gasteiger partial charge in [0.2, 0.25) is 11.8 Å². The maximum atomic E-state index is 11.9. The lowest BCUT2D eigenvalue weighted by atomic mass is 10.1. The molecule has 2 aliphatic heterocycles. The van der Waals surface area contributed by atoms with Gasteiger partial charge >= 0.3 is 0 Å². The fourth-order valence-corrected chi connectivity index (χ4v) is 2.66. The number of nitrogens with one attached hydrogen (secondary N) is 2. The minimum absolute atomic E-state index is 0.0386. The Kier molecular flexibility index (Phi) is 6.26. The van der Waals surface area contributed by atoms with E-state index in [1.807, 2.05) is 4.90 Å². The first kappa shape index (κ1) is 15.3. The van der Waals surface area contributed by atoms with Crippen LogP contribution in [0.5, 0.6) is 0 Å². The van der Waals surface area contributed by atoms with Gasteiger partial charge in [0, 0.05) is 32.3 Å². The molecular formula is C14H25N3O3. The zero-order valence-corrected chi connectivity index (χ0v) is 12.0. The SMILES string of the molecule is O=C(CNCC(=O)N1CCCCC1)NC1CCOCC1. The number of rotatable bonds is 5. The molecule has 6 nitrogen and oxygen atoms in total. The molecule has 0 bridgehead atoms. The van der Waals surface area contributed by atoms with Crippen molar-refractivity contribution in [1.82, 2.24) is 15.5 Å². The minimum Gasteiger partial charge on any atom is -0.381 e. The number of amides is 2. The summed E-state index contributed by atoms with van der Waals surface area (Å²) in [6, 6.07) is 0.218. The second kappa shape index (κ2) is 8.21. The van der Waals surface area contributed by atoms with Crippen LogP contribution in [0.25, 0.3) is 0 Å². The van der Waals surface area contributed by atoms with Crippen molar-refractivity contribution in [3.63, 3.8) is 0 Å². The molecule has 2 heterocycles. The molecule has 6 heteroatoms. The van der Waals surface area contributed by atoms with Crippen molar-refractivity contribution >= 4 is 11.8 Å². The third kappa shape index (κ3) is 5.09. The number of hydrogen-bond donors (Lipinski definition) is 2. The van der Waals surface area contributed by atoms with Crippen molar-refractivity contribution in [3.05, 3.63) is 0 Å². The van der Waals surface area contributed by atoms with Gasteiger partial charge in [-0.2, -0.15) is 0 Å². The molecular weight excluding hydrogens is 258 g/mol. The highest BCUT2D eigenvalue weighted by atomic mass is 16.5. The molecule has 0 aliphatic carbocycles. The van der Waals surface area contributed by atoms with E-state index >= 15 is 0 Å². The van der Waals surface area contributed by atoms with E-state index in [4.69, 9.17) is 4.74 Å². The Morgan fingerprint density at radius 2 is 1.75 bits per heavy atom. The molecule has 0 saturated carbocycles. The Morgan fingerprint density at radius 1 is 1.05 bits per heavy atom. The lowest BCUT2D eigenvalue weighted by Crippen LogP contribution is -2.46. The predicted octanol–water partition coefficient (Wildman–Crippen LogP) is -0.116. The van der Waals surface area contributed by atoms with Crippen LogP contribution in [0.4, 0.5) is 0 Å². The first-order chi connectivity index (χ1) is 9.75. The first-order valence-corrected chi connectivity index (χ1v) is 7.61. The summed E-state index contributed by atoms with van der Waals surface area (Å²) >= 11 is 0. The van der Waals surface area contributed by atoms with Crippen molar-refractivity contribution in [2.45, 2.75) is 38.1 Å². The van der Waals surface area contributed by atoms with Gasteiger partial charge in [-0.25, -0.2) is 0 Å². The van der Waals surface area contributed by atoms with E-state index < -0.39 is 0 Å². The third-order valence-corrected chi connectivity index (χ3v) is 3.86. The molecule has 0 atom stereocenters. The molecule has 0 aromatic heterocycles. The van der Waals surface area contributed by atoms with Crippen LogP contribution in [0.2, 0.25) is 0 Å². The number of carbonyl (C=O) groups excluding carboxylic acids is 2. The standard InChI is InChI=1S/C14H25N3O3/c18-13(16-12-4-8-20-9-5-12)10-15-11-14(19)17-6-2-1-3-7-17/h12,15H,1-11H2,(H,16,18). The molecule has 0 aromatic carbocycles. The van der Waals surface area contributed by atoms with Crippen LogP contribution in [-0.2, 0) is 14.3 Å². The summed E-state index contributed by atoms with van der Waals surface area (Å²) < 4.78 is 5.24. The van der Waals surface area contributed by atoms with Gasteiger partial charge in [0.15, 0.2) is 0 Å². The predicted molar refractivity (Wildman–Crippen MR) is 75.3 cm³/mol. The summed E-state index contributed by atoms with van der Waals surface area (Å²) in [7, 11) is 0. The quantitative estimate of drug-likeness (QED) is 0.738. The number of carbonyl (C=O) groups is 2. The molecule has 0 aromatic rings. The van der Waals surface area contributed by atoms with E-state index in [9.17, 15) is 9.59 Å². The van der Waals surface area contributed by atoms with Gasteiger partial charge < -0.3 is 15.0 Å². The summed E-state index contributed by atoms with van der Waals surface area (Å²) in [6.07, 6.45) is 5.15. The second-order valence-electron chi connectivity index (χ2n) is 5.50. The first-order valence-electron chi connectivity index (χ1n) is 7.61. The fourth-order valence-electron chi connectivity index (χ4n) is 2.66. The third-order valence-electron chi connectivity index (χ3n) is 3.86. The normalized spacial score (nSPS) is 20.7. The summed E-state index contributed by atoms with van der Waals surface area (Å²) in [4.78, 5) is 25.5. The van der Waals surface area contributed by atoms with E-state index in [0.29, 0.717) is 13.2 Å². The fraction of sp³-hybridized carbons (Fsp3) is 0.857. The van der Waals surface area contributed by atoms with Crippen LogP contribution >= 0.6 is 0 Å². The molecule has 2 saturated heterocycles. The number of piperidine rings is 1. The van der Waals surface area contributed by atoms with E-state index in [-0.39, 0.29) is 30.9 Å². The monoisotopic (exact) mass is 283 g/mol. The maximum absolute atomic E-state index is 11.9. The average molecular weight is 283 g/mol. The van der Waals surface area contributed by atoms with Crippen LogP contribution < -0.4 is 10.6 Å². The van der Waals surface area contributed by atoms with Gasteiger partial charge in [0.1, 0.15) is 0 Å². The maximum Gasteiger partial charge on any atom is 0.236 e. The molecule has 2 fully saturated rings. The zero-order valence-electron chi connectivity index (χ0n) is 12.0. The van der Waals surface area contributed by atoms with Crippen LogP contribution in [-0.4, -0.2) is 62.1 Å². The molecule has 2 N–H and O–H groups in total. The lowest BCUT2D eigenvalue weighted by Gasteiger charge is -2.27. The van der Waals surface area contributed by atoms with Gasteiger partial charge in [-0.15, -0.1) is 0 Å². The van der Waals surface area contributed by atoms with E-state index in [1.54, 1.807) is 0 Å². The topological polar surface area (TPSA) is 70.7 Å². The smallest absolute Gasteiger partial charge is 0.236 e. The van der Waals surface area contributed by atoms with Gasteiger partial charge in [0.25, 0.3) is 0 Å². The summed E-state index contributed by atoms with van der Waals surface area (Å²) in [5.74, 6) is 0.0620.